The van der Waals surface area contributed by atoms with Gasteiger partial charge in [-0.25, -0.2) is 0 Å². The van der Waals surface area contributed by atoms with E-state index in [9.17, 15) is 0 Å². The Labute approximate surface area is 108 Å². The quantitative estimate of drug-likeness (QED) is 0.829. The van der Waals surface area contributed by atoms with Crippen LogP contribution in [0.25, 0.3) is 0 Å². The van der Waals surface area contributed by atoms with Crippen LogP contribution in [0.1, 0.15) is 6.42 Å². The Morgan fingerprint density at radius 2 is 2.11 bits per heavy atom. The maximum Gasteiger partial charge on any atom is 0.0738 e. The average molecular weight is 248 g/mol. The topological polar surface area (TPSA) is 54.6 Å². The number of hydrogen-bond donors (Lipinski definition) is 1. The van der Waals surface area contributed by atoms with Crippen LogP contribution < -0.4 is 10.6 Å². The molecule has 5 heteroatoms. The normalized spacial score (nSPS) is 25.6. The van der Waals surface area contributed by atoms with Crippen LogP contribution in [0.15, 0.2) is 18.5 Å². The smallest absolute Gasteiger partial charge is 0.0738 e. The van der Waals surface area contributed by atoms with Gasteiger partial charge in [-0.15, -0.1) is 0 Å². The van der Waals surface area contributed by atoms with Gasteiger partial charge in [0.25, 0.3) is 0 Å². The number of anilines is 2. The highest BCUT2D eigenvalue weighted by atomic mass is 16.5. The Morgan fingerprint density at radius 1 is 1.28 bits per heavy atom. The second-order valence-electron chi connectivity index (χ2n) is 4.97. The monoisotopic (exact) mass is 248 g/mol. The second-order valence-corrected chi connectivity index (χ2v) is 4.97. The van der Waals surface area contributed by atoms with E-state index >= 15 is 0 Å². The van der Waals surface area contributed by atoms with Crippen molar-refractivity contribution in [2.24, 2.45) is 0 Å². The molecule has 18 heavy (non-hydrogen) atoms. The van der Waals surface area contributed by atoms with E-state index in [-0.39, 0.29) is 0 Å². The van der Waals surface area contributed by atoms with Crippen molar-refractivity contribution >= 4 is 11.4 Å². The number of nitrogen functional groups attached to an aromatic ring is 1. The lowest BCUT2D eigenvalue weighted by molar-refractivity contribution is 0.139. The lowest BCUT2D eigenvalue weighted by Gasteiger charge is -2.38. The minimum absolute atomic E-state index is 0.627. The van der Waals surface area contributed by atoms with Crippen molar-refractivity contribution in [2.75, 3.05) is 50.0 Å². The van der Waals surface area contributed by atoms with Crippen LogP contribution >= 0.6 is 0 Å². The lowest BCUT2D eigenvalue weighted by atomic mass is 10.2. The fraction of sp³-hybridized carbons (Fsp3) is 0.615. The second kappa shape index (κ2) is 5.12. The van der Waals surface area contributed by atoms with Gasteiger partial charge in [-0.05, 0) is 12.5 Å². The van der Waals surface area contributed by atoms with E-state index in [1.807, 2.05) is 12.3 Å². The fourth-order valence-electron chi connectivity index (χ4n) is 2.83. The van der Waals surface area contributed by atoms with E-state index in [0.717, 1.165) is 50.8 Å². The van der Waals surface area contributed by atoms with E-state index < -0.39 is 0 Å². The zero-order valence-electron chi connectivity index (χ0n) is 10.6. The standard InChI is InChI=1S/C13H20N4O/c14-12-9-15-3-1-13(12)17-6-4-16(5-7-17)11-2-8-18-10-11/h1,3,9,11H,2,4-8,10,14H2. The first kappa shape index (κ1) is 11.7. The molecule has 0 aliphatic carbocycles. The molecule has 0 spiro atoms. The Kier molecular flexibility index (Phi) is 3.34. The van der Waals surface area contributed by atoms with E-state index in [1.54, 1.807) is 6.20 Å². The summed E-state index contributed by atoms with van der Waals surface area (Å²) >= 11 is 0. The molecule has 0 amide bonds. The summed E-state index contributed by atoms with van der Waals surface area (Å²) in [7, 11) is 0. The van der Waals surface area contributed by atoms with Gasteiger partial charge < -0.3 is 15.4 Å². The number of nitrogens with zero attached hydrogens (tertiary/aromatic N) is 3. The highest BCUT2D eigenvalue weighted by Crippen LogP contribution is 2.24. The van der Waals surface area contributed by atoms with Crippen molar-refractivity contribution < 1.29 is 4.74 Å². The first-order valence-corrected chi connectivity index (χ1v) is 6.61. The number of nitrogens with two attached hydrogens (primary N) is 1. The first-order valence-electron chi connectivity index (χ1n) is 6.61. The summed E-state index contributed by atoms with van der Waals surface area (Å²) in [5.41, 5.74) is 7.86. The van der Waals surface area contributed by atoms with Crippen LogP contribution in [0.3, 0.4) is 0 Å². The summed E-state index contributed by atoms with van der Waals surface area (Å²) in [5, 5.41) is 0. The van der Waals surface area contributed by atoms with Crippen molar-refractivity contribution in [1.29, 1.82) is 0 Å². The van der Waals surface area contributed by atoms with E-state index in [1.165, 1.54) is 6.42 Å². The minimum atomic E-state index is 0.627. The van der Waals surface area contributed by atoms with Crippen LogP contribution in [0.5, 0.6) is 0 Å². The molecule has 2 fully saturated rings. The number of pyridine rings is 1. The van der Waals surface area contributed by atoms with Crippen molar-refractivity contribution in [3.63, 3.8) is 0 Å². The molecule has 2 saturated heterocycles. The highest BCUT2D eigenvalue weighted by molar-refractivity contribution is 5.66. The molecule has 0 radical (unpaired) electrons. The van der Waals surface area contributed by atoms with Gasteiger partial charge in [-0.3, -0.25) is 9.88 Å². The van der Waals surface area contributed by atoms with Crippen molar-refractivity contribution in [1.82, 2.24) is 9.88 Å². The molecule has 2 aliphatic heterocycles. The number of ether oxygens (including phenoxy) is 1. The van der Waals surface area contributed by atoms with Gasteiger partial charge in [0, 0.05) is 45.0 Å². The third-order valence-electron chi connectivity index (χ3n) is 3.90. The zero-order valence-corrected chi connectivity index (χ0v) is 10.6. The summed E-state index contributed by atoms with van der Waals surface area (Å²) in [5.74, 6) is 0. The predicted molar refractivity (Wildman–Crippen MR) is 71.7 cm³/mol. The maximum atomic E-state index is 5.97. The summed E-state index contributed by atoms with van der Waals surface area (Å²) in [6.07, 6.45) is 4.72. The van der Waals surface area contributed by atoms with E-state index in [0.29, 0.717) is 6.04 Å². The molecule has 2 N–H and O–H groups in total. The SMILES string of the molecule is Nc1cnccc1N1CCN(C2CCOC2)CC1. The summed E-state index contributed by atoms with van der Waals surface area (Å²) in [6.45, 7) is 6.07. The molecule has 3 heterocycles. The van der Waals surface area contributed by atoms with E-state index in [2.05, 4.69) is 14.8 Å². The minimum Gasteiger partial charge on any atom is -0.396 e. The average Bonchev–Trinajstić information content (AvgIpc) is 2.94. The molecule has 0 aromatic carbocycles. The van der Waals surface area contributed by atoms with Gasteiger partial charge in [0.05, 0.1) is 24.2 Å². The molecule has 0 bridgehead atoms. The van der Waals surface area contributed by atoms with Crippen LogP contribution in [0, 0.1) is 0 Å². The molecule has 2 aliphatic rings. The Hall–Kier alpha value is -1.33. The molecule has 1 aromatic rings. The Balaban J connectivity index is 1.61. The number of hydrogen-bond acceptors (Lipinski definition) is 5. The Morgan fingerprint density at radius 3 is 2.78 bits per heavy atom. The van der Waals surface area contributed by atoms with Crippen LogP contribution in [0.2, 0.25) is 0 Å². The van der Waals surface area contributed by atoms with Crippen LogP contribution in [-0.4, -0.2) is 55.3 Å². The van der Waals surface area contributed by atoms with Gasteiger partial charge >= 0.3 is 0 Å². The molecule has 1 unspecified atom stereocenters. The maximum absolute atomic E-state index is 5.97. The zero-order chi connectivity index (χ0) is 12.4. The summed E-state index contributed by atoms with van der Waals surface area (Å²) < 4.78 is 5.46. The largest absolute Gasteiger partial charge is 0.396 e. The molecule has 1 atom stereocenters. The van der Waals surface area contributed by atoms with Gasteiger partial charge in [-0.1, -0.05) is 0 Å². The highest BCUT2D eigenvalue weighted by Gasteiger charge is 2.27. The first-order chi connectivity index (χ1) is 8.84. The number of aromatic nitrogens is 1. The van der Waals surface area contributed by atoms with Crippen LogP contribution in [0.4, 0.5) is 11.4 Å². The molecule has 5 nitrogen and oxygen atoms in total. The molecular weight excluding hydrogens is 228 g/mol. The predicted octanol–water partition coefficient (Wildman–Crippen LogP) is 0.575. The number of rotatable bonds is 2. The molecular formula is C13H20N4O. The summed E-state index contributed by atoms with van der Waals surface area (Å²) in [4.78, 5) is 8.93. The molecule has 98 valence electrons. The summed E-state index contributed by atoms with van der Waals surface area (Å²) in [6, 6.07) is 2.63. The third-order valence-corrected chi connectivity index (χ3v) is 3.90. The Bertz CT molecular complexity index is 398. The van der Waals surface area contributed by atoms with Gasteiger partial charge in [0.2, 0.25) is 0 Å². The van der Waals surface area contributed by atoms with Crippen molar-refractivity contribution in [3.8, 4) is 0 Å². The van der Waals surface area contributed by atoms with Gasteiger partial charge in [-0.2, -0.15) is 0 Å². The fourth-order valence-corrected chi connectivity index (χ4v) is 2.83. The molecule has 0 saturated carbocycles. The molecule has 1 aromatic heterocycles. The van der Waals surface area contributed by atoms with Crippen molar-refractivity contribution in [2.45, 2.75) is 12.5 Å². The third kappa shape index (κ3) is 2.28. The van der Waals surface area contributed by atoms with Gasteiger partial charge in [0.15, 0.2) is 0 Å². The van der Waals surface area contributed by atoms with Crippen LogP contribution in [-0.2, 0) is 4.74 Å². The van der Waals surface area contributed by atoms with Gasteiger partial charge in [0.1, 0.15) is 0 Å². The van der Waals surface area contributed by atoms with E-state index in [4.69, 9.17) is 10.5 Å². The van der Waals surface area contributed by atoms with Crippen molar-refractivity contribution in [3.05, 3.63) is 18.5 Å². The number of piperazine rings is 1. The molecule has 3 rings (SSSR count). The lowest BCUT2D eigenvalue weighted by Crippen LogP contribution is -2.50.